The number of anilines is 1. The van der Waals surface area contributed by atoms with E-state index in [1.165, 1.54) is 0 Å². The molecule has 0 unspecified atom stereocenters. The molecule has 0 aliphatic heterocycles. The zero-order chi connectivity index (χ0) is 13.8. The van der Waals surface area contributed by atoms with Crippen molar-refractivity contribution in [3.05, 3.63) is 59.5 Å². The largest absolute Gasteiger partial charge is 0.351 e. The summed E-state index contributed by atoms with van der Waals surface area (Å²) in [5.74, 6) is 1.56. The monoisotopic (exact) mass is 283 g/mol. The molecule has 3 aromatic rings. The van der Waals surface area contributed by atoms with Gasteiger partial charge < -0.3 is 5.32 Å². The second-order valence-electron chi connectivity index (χ2n) is 4.20. The summed E-state index contributed by atoms with van der Waals surface area (Å²) in [5, 5.41) is 6.36. The lowest BCUT2D eigenvalue weighted by Crippen LogP contribution is -2.10. The highest BCUT2D eigenvalue weighted by Gasteiger charge is 2.04. The molecule has 0 saturated heterocycles. The Hall–Kier alpha value is -2.47. The lowest BCUT2D eigenvalue weighted by atomic mass is 10.2. The number of nitrogens with zero attached hydrogens (tertiary/aromatic N) is 3. The van der Waals surface area contributed by atoms with Crippen molar-refractivity contribution < 1.29 is 0 Å². The topological polar surface area (TPSA) is 58.5 Å². The van der Waals surface area contributed by atoms with Crippen LogP contribution in [0.3, 0.4) is 0 Å². The maximum atomic E-state index is 5.25. The van der Waals surface area contributed by atoms with Gasteiger partial charge in [0.05, 0.1) is 0 Å². The summed E-state index contributed by atoms with van der Waals surface area (Å²) < 4.78 is 2.28. The van der Waals surface area contributed by atoms with E-state index in [4.69, 9.17) is 12.2 Å². The molecule has 20 heavy (non-hydrogen) atoms. The molecule has 5 nitrogen and oxygen atoms in total. The quantitative estimate of drug-likeness (QED) is 0.722. The molecule has 0 aliphatic rings. The normalized spacial score (nSPS) is 10.4. The molecule has 0 aliphatic carbocycles. The first-order chi connectivity index (χ1) is 9.83. The Morgan fingerprint density at radius 3 is 2.65 bits per heavy atom. The summed E-state index contributed by atoms with van der Waals surface area (Å²) in [6.07, 6.45) is 1.74. The minimum absolute atomic E-state index is 0.496. The van der Waals surface area contributed by atoms with Crippen LogP contribution in [-0.2, 0) is 6.67 Å². The minimum Gasteiger partial charge on any atom is -0.351 e. The zero-order valence-electron chi connectivity index (χ0n) is 10.7. The molecule has 2 heterocycles. The number of aromatic nitrogens is 4. The van der Waals surface area contributed by atoms with Crippen molar-refractivity contribution in [3.8, 4) is 11.4 Å². The Balaban J connectivity index is 1.78. The van der Waals surface area contributed by atoms with Gasteiger partial charge in [0.2, 0.25) is 4.77 Å². The van der Waals surface area contributed by atoms with Gasteiger partial charge in [0.15, 0.2) is 5.82 Å². The maximum Gasteiger partial charge on any atom is 0.218 e. The highest BCUT2D eigenvalue weighted by molar-refractivity contribution is 7.71. The first-order valence-electron chi connectivity index (χ1n) is 6.20. The summed E-state index contributed by atoms with van der Waals surface area (Å²) in [6.45, 7) is 0.496. The molecular formula is C14H13N5S. The summed E-state index contributed by atoms with van der Waals surface area (Å²) in [4.78, 5) is 8.55. The van der Waals surface area contributed by atoms with E-state index in [1.54, 1.807) is 10.9 Å². The highest BCUT2D eigenvalue weighted by atomic mass is 32.1. The van der Waals surface area contributed by atoms with Crippen molar-refractivity contribution in [2.75, 3.05) is 5.32 Å². The third kappa shape index (κ3) is 2.75. The fourth-order valence-corrected chi connectivity index (χ4v) is 2.02. The fraction of sp³-hybridized carbons (Fsp3) is 0.0714. The molecule has 0 saturated carbocycles. The number of nitrogens with one attached hydrogen (secondary N) is 2. The van der Waals surface area contributed by atoms with Crippen LogP contribution in [0.4, 0.5) is 5.82 Å². The molecule has 100 valence electrons. The number of pyridine rings is 1. The Morgan fingerprint density at radius 2 is 1.90 bits per heavy atom. The van der Waals surface area contributed by atoms with Crippen LogP contribution in [0, 0.1) is 4.77 Å². The molecule has 0 radical (unpaired) electrons. The van der Waals surface area contributed by atoms with Crippen molar-refractivity contribution >= 4 is 18.0 Å². The van der Waals surface area contributed by atoms with Crippen LogP contribution in [0.5, 0.6) is 0 Å². The van der Waals surface area contributed by atoms with E-state index in [1.807, 2.05) is 48.5 Å². The fourth-order valence-electron chi connectivity index (χ4n) is 1.82. The van der Waals surface area contributed by atoms with E-state index in [2.05, 4.69) is 20.4 Å². The predicted octanol–water partition coefficient (Wildman–Crippen LogP) is 3.07. The number of aromatic amines is 1. The van der Waals surface area contributed by atoms with Gasteiger partial charge in [-0.15, -0.1) is 0 Å². The van der Waals surface area contributed by atoms with Crippen LogP contribution in [0.25, 0.3) is 11.4 Å². The van der Waals surface area contributed by atoms with Crippen LogP contribution >= 0.6 is 12.2 Å². The number of H-pyrrole nitrogens is 1. The minimum atomic E-state index is 0.496. The second-order valence-corrected chi connectivity index (χ2v) is 4.56. The van der Waals surface area contributed by atoms with Crippen molar-refractivity contribution in [1.82, 2.24) is 19.7 Å². The van der Waals surface area contributed by atoms with E-state index in [0.29, 0.717) is 11.4 Å². The van der Waals surface area contributed by atoms with Crippen molar-refractivity contribution in [3.63, 3.8) is 0 Å². The van der Waals surface area contributed by atoms with Gasteiger partial charge in [-0.3, -0.25) is 5.10 Å². The van der Waals surface area contributed by atoms with Crippen molar-refractivity contribution in [2.24, 2.45) is 0 Å². The highest BCUT2D eigenvalue weighted by Crippen LogP contribution is 2.13. The molecule has 0 amide bonds. The Labute approximate surface area is 121 Å². The third-order valence-corrected chi connectivity index (χ3v) is 3.12. The van der Waals surface area contributed by atoms with Crippen LogP contribution in [-0.4, -0.2) is 19.7 Å². The summed E-state index contributed by atoms with van der Waals surface area (Å²) in [6, 6.07) is 15.6. The van der Waals surface area contributed by atoms with Crippen molar-refractivity contribution in [1.29, 1.82) is 0 Å². The SMILES string of the molecule is S=c1nc(-c2ccccc2)[nH]n1CNc1ccccn1. The molecule has 2 aromatic heterocycles. The molecule has 3 rings (SSSR count). The van der Waals surface area contributed by atoms with Gasteiger partial charge in [-0.05, 0) is 24.4 Å². The molecule has 1 aromatic carbocycles. The standard InChI is InChI=1S/C14H13N5S/c20-14-17-13(11-6-2-1-3-7-11)18-19(14)10-16-12-8-4-5-9-15-12/h1-9H,10H2,(H,15,16)(H,17,18,20). The average Bonchev–Trinajstić information content (AvgIpc) is 2.88. The molecule has 0 atom stereocenters. The summed E-state index contributed by atoms with van der Waals surface area (Å²) >= 11 is 5.25. The Kier molecular flexibility index (Phi) is 3.56. The van der Waals surface area contributed by atoms with Crippen LogP contribution in [0.1, 0.15) is 0 Å². The third-order valence-electron chi connectivity index (χ3n) is 2.81. The van der Waals surface area contributed by atoms with Gasteiger partial charge in [0.25, 0.3) is 0 Å². The van der Waals surface area contributed by atoms with Gasteiger partial charge in [-0.25, -0.2) is 9.67 Å². The van der Waals surface area contributed by atoms with E-state index >= 15 is 0 Å². The zero-order valence-corrected chi connectivity index (χ0v) is 11.5. The van der Waals surface area contributed by atoms with Gasteiger partial charge in [0, 0.05) is 11.8 Å². The number of hydrogen-bond acceptors (Lipinski definition) is 4. The smallest absolute Gasteiger partial charge is 0.218 e. The molecule has 2 N–H and O–H groups in total. The van der Waals surface area contributed by atoms with Gasteiger partial charge >= 0.3 is 0 Å². The Morgan fingerprint density at radius 1 is 1.10 bits per heavy atom. The number of hydrogen-bond donors (Lipinski definition) is 2. The second kappa shape index (κ2) is 5.66. The summed E-state index contributed by atoms with van der Waals surface area (Å²) in [7, 11) is 0. The van der Waals surface area contributed by atoms with E-state index in [0.717, 1.165) is 17.2 Å². The summed E-state index contributed by atoms with van der Waals surface area (Å²) in [5.41, 5.74) is 1.01. The van der Waals surface area contributed by atoms with E-state index in [9.17, 15) is 0 Å². The molecule has 6 heteroatoms. The molecule has 0 spiro atoms. The lowest BCUT2D eigenvalue weighted by Gasteiger charge is -2.05. The van der Waals surface area contributed by atoms with Gasteiger partial charge in [-0.1, -0.05) is 36.4 Å². The number of benzene rings is 1. The maximum absolute atomic E-state index is 5.25. The molecule has 0 fully saturated rings. The molecule has 0 bridgehead atoms. The predicted molar refractivity (Wildman–Crippen MR) is 80.7 cm³/mol. The first kappa shape index (κ1) is 12.6. The first-order valence-corrected chi connectivity index (χ1v) is 6.61. The van der Waals surface area contributed by atoms with Gasteiger partial charge in [-0.2, -0.15) is 4.98 Å². The van der Waals surface area contributed by atoms with E-state index in [-0.39, 0.29) is 0 Å². The Bertz CT molecular complexity index is 733. The van der Waals surface area contributed by atoms with Crippen LogP contribution in [0.15, 0.2) is 54.7 Å². The van der Waals surface area contributed by atoms with Gasteiger partial charge in [0.1, 0.15) is 12.5 Å². The average molecular weight is 283 g/mol. The van der Waals surface area contributed by atoms with E-state index < -0.39 is 0 Å². The van der Waals surface area contributed by atoms with Crippen LogP contribution in [0.2, 0.25) is 0 Å². The lowest BCUT2D eigenvalue weighted by molar-refractivity contribution is 0.658. The molecular weight excluding hydrogens is 270 g/mol. The van der Waals surface area contributed by atoms with Crippen LogP contribution < -0.4 is 5.32 Å². The number of rotatable bonds is 4. The van der Waals surface area contributed by atoms with Crippen molar-refractivity contribution in [2.45, 2.75) is 6.67 Å².